The number of likely N-dealkylation sites (N-methyl/N-ethyl adjacent to an activating group) is 1. The molecule has 26 heavy (non-hydrogen) atoms. The third-order valence-electron chi connectivity index (χ3n) is 4.43. The number of anilines is 1. The van der Waals surface area contributed by atoms with Gasteiger partial charge in [-0.05, 0) is 30.2 Å². The molecule has 0 aromatic heterocycles. The van der Waals surface area contributed by atoms with Crippen LogP contribution in [0, 0.1) is 0 Å². The number of fused-ring (bicyclic) bond motifs is 1. The average Bonchev–Trinajstić information content (AvgIpc) is 2.64. The van der Waals surface area contributed by atoms with Crippen molar-refractivity contribution in [2.24, 2.45) is 5.73 Å². The summed E-state index contributed by atoms with van der Waals surface area (Å²) in [5, 5.41) is 0. The lowest BCUT2D eigenvalue weighted by Crippen LogP contribution is -2.45. The number of rotatable bonds is 5. The van der Waals surface area contributed by atoms with Crippen molar-refractivity contribution in [3.05, 3.63) is 59.7 Å². The minimum atomic E-state index is -0.235. The summed E-state index contributed by atoms with van der Waals surface area (Å²) in [5.41, 5.74) is 8.46. The van der Waals surface area contributed by atoms with Crippen LogP contribution in [-0.4, -0.2) is 36.9 Å². The Morgan fingerprint density at radius 2 is 2.00 bits per heavy atom. The Hall–Kier alpha value is -2.86. The molecule has 0 saturated heterocycles. The van der Waals surface area contributed by atoms with E-state index in [2.05, 4.69) is 0 Å². The van der Waals surface area contributed by atoms with E-state index in [1.807, 2.05) is 49.4 Å². The number of benzene rings is 2. The van der Waals surface area contributed by atoms with Gasteiger partial charge in [0.05, 0.1) is 5.69 Å². The fourth-order valence-corrected chi connectivity index (χ4v) is 2.88. The highest BCUT2D eigenvalue weighted by Gasteiger charge is 2.28. The second-order valence-corrected chi connectivity index (χ2v) is 6.52. The first kappa shape index (κ1) is 17.9. The number of ether oxygens (including phenoxy) is 1. The summed E-state index contributed by atoms with van der Waals surface area (Å²) < 4.78 is 5.48. The van der Waals surface area contributed by atoms with Crippen LogP contribution in [0.25, 0.3) is 0 Å². The molecule has 136 valence electrons. The zero-order valence-corrected chi connectivity index (χ0v) is 15.0. The lowest BCUT2D eigenvalue weighted by Gasteiger charge is -2.31. The van der Waals surface area contributed by atoms with Crippen LogP contribution in [0.2, 0.25) is 0 Å². The second-order valence-electron chi connectivity index (χ2n) is 6.52. The highest BCUT2D eigenvalue weighted by atomic mass is 16.5. The molecule has 6 heteroatoms. The molecule has 6 nitrogen and oxygen atoms in total. The van der Waals surface area contributed by atoms with E-state index in [9.17, 15) is 9.59 Å². The quantitative estimate of drug-likeness (QED) is 0.893. The van der Waals surface area contributed by atoms with Gasteiger partial charge in [0, 0.05) is 19.6 Å². The van der Waals surface area contributed by atoms with E-state index < -0.39 is 0 Å². The van der Waals surface area contributed by atoms with E-state index in [1.165, 1.54) is 4.90 Å². The maximum absolute atomic E-state index is 12.7. The standard InChI is InChI=1S/C20H23N3O3/c1-14(21)16-8-9-18-17(10-16)23(20(25)13-26-18)12-19(24)22(2)11-15-6-4-3-5-7-15/h3-10,14H,11-13,21H2,1-2H3. The summed E-state index contributed by atoms with van der Waals surface area (Å²) in [6.45, 7) is 2.27. The number of hydrogen-bond donors (Lipinski definition) is 1. The average molecular weight is 353 g/mol. The largest absolute Gasteiger partial charge is 0.482 e. The Labute approximate surface area is 153 Å². The summed E-state index contributed by atoms with van der Waals surface area (Å²) in [6, 6.07) is 15.1. The van der Waals surface area contributed by atoms with E-state index in [4.69, 9.17) is 10.5 Å². The number of carbonyl (C=O) groups excluding carboxylic acids is 2. The first-order valence-electron chi connectivity index (χ1n) is 8.56. The number of nitrogens with zero attached hydrogens (tertiary/aromatic N) is 2. The van der Waals surface area contributed by atoms with E-state index in [1.54, 1.807) is 18.0 Å². The van der Waals surface area contributed by atoms with Crippen LogP contribution in [0.1, 0.15) is 24.1 Å². The topological polar surface area (TPSA) is 75.9 Å². The lowest BCUT2D eigenvalue weighted by atomic mass is 10.1. The molecule has 0 radical (unpaired) electrons. The molecule has 2 aromatic carbocycles. The van der Waals surface area contributed by atoms with Gasteiger partial charge in [-0.15, -0.1) is 0 Å². The van der Waals surface area contributed by atoms with Crippen molar-refractivity contribution in [2.75, 3.05) is 25.1 Å². The minimum absolute atomic E-state index is 0.0269. The van der Waals surface area contributed by atoms with Gasteiger partial charge in [-0.25, -0.2) is 0 Å². The van der Waals surface area contributed by atoms with Crippen molar-refractivity contribution < 1.29 is 14.3 Å². The van der Waals surface area contributed by atoms with Crippen LogP contribution in [-0.2, 0) is 16.1 Å². The summed E-state index contributed by atoms with van der Waals surface area (Å²) >= 11 is 0. The molecule has 0 bridgehead atoms. The number of nitrogens with two attached hydrogens (primary N) is 1. The Morgan fingerprint density at radius 1 is 1.27 bits per heavy atom. The molecule has 1 aliphatic heterocycles. The molecule has 0 fully saturated rings. The van der Waals surface area contributed by atoms with E-state index in [0.717, 1.165) is 11.1 Å². The summed E-state index contributed by atoms with van der Waals surface area (Å²) in [7, 11) is 1.74. The minimum Gasteiger partial charge on any atom is -0.482 e. The number of amides is 2. The lowest BCUT2D eigenvalue weighted by molar-refractivity contribution is -0.131. The van der Waals surface area contributed by atoms with Crippen molar-refractivity contribution in [3.8, 4) is 5.75 Å². The van der Waals surface area contributed by atoms with E-state index >= 15 is 0 Å². The monoisotopic (exact) mass is 353 g/mol. The molecule has 0 aliphatic carbocycles. The predicted molar refractivity (Wildman–Crippen MR) is 99.8 cm³/mol. The maximum Gasteiger partial charge on any atom is 0.265 e. The highest BCUT2D eigenvalue weighted by molar-refractivity contribution is 6.02. The van der Waals surface area contributed by atoms with Crippen LogP contribution in [0.5, 0.6) is 5.75 Å². The second kappa shape index (κ2) is 7.58. The molecule has 2 amide bonds. The fraction of sp³-hybridized carbons (Fsp3) is 0.300. The third-order valence-corrected chi connectivity index (χ3v) is 4.43. The fourth-order valence-electron chi connectivity index (χ4n) is 2.88. The van der Waals surface area contributed by atoms with Gasteiger partial charge in [0.1, 0.15) is 12.3 Å². The molecular weight excluding hydrogens is 330 g/mol. The molecule has 1 aliphatic rings. The molecule has 2 N–H and O–H groups in total. The third kappa shape index (κ3) is 3.86. The molecule has 1 atom stereocenters. The van der Waals surface area contributed by atoms with E-state index in [0.29, 0.717) is 18.0 Å². The normalized spacial score (nSPS) is 14.4. The van der Waals surface area contributed by atoms with Gasteiger partial charge in [0.25, 0.3) is 5.91 Å². The smallest absolute Gasteiger partial charge is 0.265 e. The van der Waals surface area contributed by atoms with Crippen molar-refractivity contribution >= 4 is 17.5 Å². The molecule has 2 aromatic rings. The summed E-state index contributed by atoms with van der Waals surface area (Å²) in [6.07, 6.45) is 0. The van der Waals surface area contributed by atoms with Crippen molar-refractivity contribution in [2.45, 2.75) is 19.5 Å². The van der Waals surface area contributed by atoms with Crippen LogP contribution in [0.4, 0.5) is 5.69 Å². The Balaban J connectivity index is 1.77. The Bertz CT molecular complexity index is 805. The molecule has 0 saturated carbocycles. The highest BCUT2D eigenvalue weighted by Crippen LogP contribution is 2.34. The summed E-state index contributed by atoms with van der Waals surface area (Å²) in [4.78, 5) is 28.1. The number of hydrogen-bond acceptors (Lipinski definition) is 4. The zero-order valence-electron chi connectivity index (χ0n) is 15.0. The van der Waals surface area contributed by atoms with Crippen molar-refractivity contribution in [1.29, 1.82) is 0 Å². The molecular formula is C20H23N3O3. The van der Waals surface area contributed by atoms with Gasteiger partial charge < -0.3 is 15.4 Å². The zero-order chi connectivity index (χ0) is 18.7. The molecule has 0 spiro atoms. The summed E-state index contributed by atoms with van der Waals surface area (Å²) in [5.74, 6) is 0.217. The molecule has 1 unspecified atom stereocenters. The van der Waals surface area contributed by atoms with Gasteiger partial charge in [0.15, 0.2) is 6.61 Å². The van der Waals surface area contributed by atoms with Gasteiger partial charge in [-0.3, -0.25) is 14.5 Å². The Morgan fingerprint density at radius 3 is 2.69 bits per heavy atom. The van der Waals surface area contributed by atoms with Crippen molar-refractivity contribution in [3.63, 3.8) is 0 Å². The van der Waals surface area contributed by atoms with Gasteiger partial charge >= 0.3 is 0 Å². The first-order valence-corrected chi connectivity index (χ1v) is 8.56. The maximum atomic E-state index is 12.7. The SMILES string of the molecule is CC(N)c1ccc2c(c1)N(CC(=O)N(C)Cc1ccccc1)C(=O)CO2. The predicted octanol–water partition coefficient (Wildman–Crippen LogP) is 2.09. The Kier molecular flexibility index (Phi) is 5.23. The van der Waals surface area contributed by atoms with Crippen LogP contribution in [0.3, 0.4) is 0 Å². The van der Waals surface area contributed by atoms with Crippen LogP contribution < -0.4 is 15.4 Å². The van der Waals surface area contributed by atoms with Crippen molar-refractivity contribution in [1.82, 2.24) is 4.90 Å². The van der Waals surface area contributed by atoms with Crippen LogP contribution >= 0.6 is 0 Å². The van der Waals surface area contributed by atoms with Crippen LogP contribution in [0.15, 0.2) is 48.5 Å². The molecule has 3 rings (SSSR count). The number of carbonyl (C=O) groups is 2. The first-order chi connectivity index (χ1) is 12.5. The van der Waals surface area contributed by atoms with E-state index in [-0.39, 0.29) is 31.0 Å². The molecule has 1 heterocycles. The van der Waals surface area contributed by atoms with Gasteiger partial charge in [0.2, 0.25) is 5.91 Å². The van der Waals surface area contributed by atoms with Gasteiger partial charge in [-0.2, -0.15) is 0 Å². The van der Waals surface area contributed by atoms with Gasteiger partial charge in [-0.1, -0.05) is 36.4 Å².